The molecule has 0 heterocycles. The van der Waals surface area contributed by atoms with E-state index >= 15 is 0 Å². The molecule has 0 saturated heterocycles. The van der Waals surface area contributed by atoms with Crippen LogP contribution in [-0.4, -0.2) is 23.4 Å². The normalized spacial score (nSPS) is 10.9. The summed E-state index contributed by atoms with van der Waals surface area (Å²) in [6.45, 7) is 11.1. The van der Waals surface area contributed by atoms with Crippen molar-refractivity contribution in [1.82, 2.24) is 0 Å². The number of ketones is 1. The van der Waals surface area contributed by atoms with Crippen LogP contribution in [0.4, 0.5) is 0 Å². The van der Waals surface area contributed by atoms with E-state index in [0.717, 1.165) is 29.1 Å². The zero-order valence-corrected chi connectivity index (χ0v) is 14.1. The fraction of sp³-hybridized carbons (Fsp3) is 0.588. The molecule has 0 aromatic heterocycles. The molecule has 0 spiro atoms. The van der Waals surface area contributed by atoms with Crippen molar-refractivity contribution in [3.8, 4) is 5.75 Å². The number of carbonyl (C=O) groups excluding carboxylic acids is 1. The maximum Gasteiger partial charge on any atom is 0.167 e. The van der Waals surface area contributed by atoms with E-state index in [2.05, 4.69) is 27.7 Å². The van der Waals surface area contributed by atoms with Gasteiger partial charge in [0.2, 0.25) is 0 Å². The molecule has 20 heavy (non-hydrogen) atoms. The number of aryl methyl sites for hydroxylation is 2. The Morgan fingerprint density at radius 3 is 2.50 bits per heavy atom. The standard InChI is InChI=1S/C17H26O2S/c1-6-8-19-17-11-14(5)13(4)10-15(17)16(18)7-9-20-12(2)3/h10-12H,6-9H2,1-5H3. The third-order valence-electron chi connectivity index (χ3n) is 3.14. The minimum absolute atomic E-state index is 0.187. The summed E-state index contributed by atoms with van der Waals surface area (Å²) in [5, 5.41) is 0.568. The lowest BCUT2D eigenvalue weighted by molar-refractivity contribution is 0.0985. The van der Waals surface area contributed by atoms with Crippen LogP contribution in [0.5, 0.6) is 5.75 Å². The van der Waals surface area contributed by atoms with Gasteiger partial charge in [-0.15, -0.1) is 0 Å². The van der Waals surface area contributed by atoms with Crippen LogP contribution in [0.3, 0.4) is 0 Å². The highest BCUT2D eigenvalue weighted by Crippen LogP contribution is 2.25. The van der Waals surface area contributed by atoms with Crippen molar-refractivity contribution >= 4 is 17.5 Å². The molecule has 0 aliphatic carbocycles. The van der Waals surface area contributed by atoms with Gasteiger partial charge in [0, 0.05) is 12.2 Å². The third-order valence-corrected chi connectivity index (χ3v) is 4.24. The lowest BCUT2D eigenvalue weighted by Gasteiger charge is -2.13. The Balaban J connectivity index is 2.84. The van der Waals surface area contributed by atoms with Crippen LogP contribution in [0.1, 0.15) is 55.1 Å². The van der Waals surface area contributed by atoms with Crippen molar-refractivity contribution in [1.29, 1.82) is 0 Å². The molecular formula is C17H26O2S. The van der Waals surface area contributed by atoms with E-state index in [1.807, 2.05) is 30.8 Å². The first-order chi connectivity index (χ1) is 9.45. The molecule has 112 valence electrons. The molecule has 1 aromatic carbocycles. The van der Waals surface area contributed by atoms with Gasteiger partial charge < -0.3 is 4.74 Å². The van der Waals surface area contributed by atoms with Gasteiger partial charge in [0.1, 0.15) is 5.75 Å². The molecule has 1 rings (SSSR count). The summed E-state index contributed by atoms with van der Waals surface area (Å²) in [4.78, 5) is 12.4. The fourth-order valence-corrected chi connectivity index (χ4v) is 2.64. The van der Waals surface area contributed by atoms with Crippen LogP contribution in [0, 0.1) is 13.8 Å². The van der Waals surface area contributed by atoms with Gasteiger partial charge >= 0.3 is 0 Å². The van der Waals surface area contributed by atoms with Crippen LogP contribution in [-0.2, 0) is 0 Å². The van der Waals surface area contributed by atoms with E-state index in [1.165, 1.54) is 5.56 Å². The number of hydrogen-bond acceptors (Lipinski definition) is 3. The molecule has 1 aromatic rings. The SMILES string of the molecule is CCCOc1cc(C)c(C)cc1C(=O)CCSC(C)C. The lowest BCUT2D eigenvalue weighted by atomic mass is 10.0. The minimum atomic E-state index is 0.187. The summed E-state index contributed by atoms with van der Waals surface area (Å²) in [6.07, 6.45) is 1.53. The summed E-state index contributed by atoms with van der Waals surface area (Å²) in [6, 6.07) is 3.97. The number of thioether (sulfide) groups is 1. The Morgan fingerprint density at radius 1 is 1.25 bits per heavy atom. The second kappa shape index (κ2) is 8.35. The van der Waals surface area contributed by atoms with Crippen LogP contribution in [0.15, 0.2) is 12.1 Å². The Labute approximate surface area is 127 Å². The smallest absolute Gasteiger partial charge is 0.167 e. The Bertz CT molecular complexity index is 453. The van der Waals surface area contributed by atoms with E-state index < -0.39 is 0 Å². The first-order valence-electron chi connectivity index (χ1n) is 7.34. The number of benzene rings is 1. The van der Waals surface area contributed by atoms with Gasteiger partial charge in [0.05, 0.1) is 12.2 Å². The van der Waals surface area contributed by atoms with Crippen LogP contribution in [0.25, 0.3) is 0 Å². The molecule has 0 fully saturated rings. The van der Waals surface area contributed by atoms with Crippen LogP contribution in [0.2, 0.25) is 0 Å². The molecule has 0 amide bonds. The largest absolute Gasteiger partial charge is 0.493 e. The van der Waals surface area contributed by atoms with Crippen molar-refractivity contribution < 1.29 is 9.53 Å². The van der Waals surface area contributed by atoms with E-state index in [-0.39, 0.29) is 5.78 Å². The zero-order chi connectivity index (χ0) is 15.1. The average Bonchev–Trinajstić information content (AvgIpc) is 2.39. The molecular weight excluding hydrogens is 268 g/mol. The molecule has 0 N–H and O–H groups in total. The molecule has 0 saturated carbocycles. The van der Waals surface area contributed by atoms with Crippen LogP contribution >= 0.6 is 11.8 Å². The lowest BCUT2D eigenvalue weighted by Crippen LogP contribution is -2.07. The quantitative estimate of drug-likeness (QED) is 0.644. The predicted molar refractivity (Wildman–Crippen MR) is 88.2 cm³/mol. The molecule has 0 atom stereocenters. The first kappa shape index (κ1) is 17.1. The minimum Gasteiger partial charge on any atom is -0.493 e. The van der Waals surface area contributed by atoms with Crippen molar-refractivity contribution in [2.75, 3.05) is 12.4 Å². The van der Waals surface area contributed by atoms with Crippen molar-refractivity contribution in [3.63, 3.8) is 0 Å². The summed E-state index contributed by atoms with van der Waals surface area (Å²) < 4.78 is 5.74. The van der Waals surface area contributed by atoms with E-state index in [0.29, 0.717) is 18.3 Å². The highest BCUT2D eigenvalue weighted by molar-refractivity contribution is 7.99. The molecule has 0 unspecified atom stereocenters. The Hall–Kier alpha value is -0.960. The van der Waals surface area contributed by atoms with E-state index in [9.17, 15) is 4.79 Å². The van der Waals surface area contributed by atoms with Gasteiger partial charge in [-0.2, -0.15) is 11.8 Å². The van der Waals surface area contributed by atoms with Gasteiger partial charge in [0.15, 0.2) is 5.78 Å². The summed E-state index contributed by atoms with van der Waals surface area (Å²) in [7, 11) is 0. The zero-order valence-electron chi connectivity index (χ0n) is 13.3. The summed E-state index contributed by atoms with van der Waals surface area (Å²) >= 11 is 1.82. The number of rotatable bonds is 8. The molecule has 3 heteroatoms. The maximum atomic E-state index is 12.4. The predicted octanol–water partition coefficient (Wildman–Crippen LogP) is 4.81. The van der Waals surface area contributed by atoms with Crippen molar-refractivity contribution in [3.05, 3.63) is 28.8 Å². The molecule has 0 aliphatic heterocycles. The summed E-state index contributed by atoms with van der Waals surface area (Å²) in [5.74, 6) is 1.80. The number of ether oxygens (including phenoxy) is 1. The van der Waals surface area contributed by atoms with Gasteiger partial charge in [-0.25, -0.2) is 0 Å². The van der Waals surface area contributed by atoms with Crippen LogP contribution < -0.4 is 4.74 Å². The number of carbonyl (C=O) groups is 1. The molecule has 0 bridgehead atoms. The second-order valence-corrected chi connectivity index (χ2v) is 7.06. The molecule has 0 radical (unpaired) electrons. The fourth-order valence-electron chi connectivity index (χ4n) is 1.86. The molecule has 2 nitrogen and oxygen atoms in total. The number of Topliss-reactive ketones (excluding diaryl/α,β-unsaturated/α-hetero) is 1. The highest BCUT2D eigenvalue weighted by atomic mass is 32.2. The Kier molecular flexibility index (Phi) is 7.14. The van der Waals surface area contributed by atoms with Gasteiger partial charge in [-0.3, -0.25) is 4.79 Å². The maximum absolute atomic E-state index is 12.4. The van der Waals surface area contributed by atoms with Gasteiger partial charge in [-0.1, -0.05) is 20.8 Å². The Morgan fingerprint density at radius 2 is 1.90 bits per heavy atom. The van der Waals surface area contributed by atoms with Crippen molar-refractivity contribution in [2.24, 2.45) is 0 Å². The van der Waals surface area contributed by atoms with E-state index in [4.69, 9.17) is 4.74 Å². The highest BCUT2D eigenvalue weighted by Gasteiger charge is 2.14. The van der Waals surface area contributed by atoms with Gasteiger partial charge in [-0.05, 0) is 48.8 Å². The van der Waals surface area contributed by atoms with E-state index in [1.54, 1.807) is 0 Å². The van der Waals surface area contributed by atoms with Gasteiger partial charge in [0.25, 0.3) is 0 Å². The van der Waals surface area contributed by atoms with Crippen molar-refractivity contribution in [2.45, 2.75) is 52.7 Å². The monoisotopic (exact) mass is 294 g/mol. The number of hydrogen-bond donors (Lipinski definition) is 0. The topological polar surface area (TPSA) is 26.3 Å². The third kappa shape index (κ3) is 5.20. The summed E-state index contributed by atoms with van der Waals surface area (Å²) in [5.41, 5.74) is 3.06. The first-order valence-corrected chi connectivity index (χ1v) is 8.39. The average molecular weight is 294 g/mol. The second-order valence-electron chi connectivity index (χ2n) is 5.37. The molecule has 0 aliphatic rings.